The quantitative estimate of drug-likeness (QED) is 0.528. The van der Waals surface area contributed by atoms with Crippen molar-refractivity contribution in [2.75, 3.05) is 0 Å². The van der Waals surface area contributed by atoms with Crippen LogP contribution in [0.3, 0.4) is 0 Å². The van der Waals surface area contributed by atoms with Crippen LogP contribution in [0.2, 0.25) is 0 Å². The van der Waals surface area contributed by atoms with Gasteiger partial charge in [0.05, 0.1) is 11.0 Å². The molecular weight excluding hydrogens is 232 g/mol. The molecule has 0 aliphatic carbocycles. The maximum absolute atomic E-state index is 4.52. The number of hydrogen-bond donors (Lipinski definition) is 1. The summed E-state index contributed by atoms with van der Waals surface area (Å²) in [5, 5.41) is 1.18. The van der Waals surface area contributed by atoms with E-state index >= 15 is 0 Å². The second-order valence-corrected chi connectivity index (χ2v) is 4.62. The van der Waals surface area contributed by atoms with Gasteiger partial charge in [0, 0.05) is 22.7 Å². The summed E-state index contributed by atoms with van der Waals surface area (Å²) < 4.78 is 0. The van der Waals surface area contributed by atoms with Gasteiger partial charge in [-0.2, -0.15) is 0 Å². The fourth-order valence-electron chi connectivity index (χ4n) is 2.58. The average Bonchev–Trinajstić information content (AvgIpc) is 2.87. The van der Waals surface area contributed by atoms with Gasteiger partial charge >= 0.3 is 0 Å². The average molecular weight is 244 g/mol. The van der Waals surface area contributed by atoms with Gasteiger partial charge in [-0.15, -0.1) is 0 Å². The summed E-state index contributed by atoms with van der Waals surface area (Å²) in [6.45, 7) is 0. The molecular formula is C17H12N2. The molecule has 0 aliphatic heterocycles. The van der Waals surface area contributed by atoms with Crippen molar-refractivity contribution in [2.24, 2.45) is 0 Å². The second-order valence-electron chi connectivity index (χ2n) is 4.62. The molecule has 2 heterocycles. The summed E-state index contributed by atoms with van der Waals surface area (Å²) in [5.74, 6) is 0. The molecule has 1 N–H and O–H groups in total. The Morgan fingerprint density at radius 3 is 2.47 bits per heavy atom. The van der Waals surface area contributed by atoms with Crippen LogP contribution in [0.5, 0.6) is 0 Å². The minimum Gasteiger partial charge on any atom is -0.353 e. The minimum atomic E-state index is 1.04. The van der Waals surface area contributed by atoms with E-state index < -0.39 is 0 Å². The van der Waals surface area contributed by atoms with Crippen LogP contribution in [-0.2, 0) is 0 Å². The van der Waals surface area contributed by atoms with Crippen molar-refractivity contribution < 1.29 is 0 Å². The molecule has 0 radical (unpaired) electrons. The van der Waals surface area contributed by atoms with Crippen LogP contribution >= 0.6 is 0 Å². The summed E-state index contributed by atoms with van der Waals surface area (Å²) in [5.41, 5.74) is 5.68. The summed E-state index contributed by atoms with van der Waals surface area (Å²) in [4.78, 5) is 8.01. The third-order valence-corrected chi connectivity index (χ3v) is 3.48. The highest BCUT2D eigenvalue weighted by atomic mass is 14.8. The number of benzene rings is 2. The zero-order chi connectivity index (χ0) is 12.7. The first-order valence-corrected chi connectivity index (χ1v) is 6.34. The van der Waals surface area contributed by atoms with Gasteiger partial charge in [-0.25, -0.2) is 0 Å². The van der Waals surface area contributed by atoms with Crippen molar-refractivity contribution in [3.8, 4) is 11.1 Å². The SMILES string of the molecule is c1ccc(-c2ccnc3c2[nH]c2ccccc23)cc1. The van der Waals surface area contributed by atoms with Crippen molar-refractivity contribution in [3.63, 3.8) is 0 Å². The number of pyridine rings is 1. The number of para-hydroxylation sites is 1. The first kappa shape index (κ1) is 10.3. The predicted molar refractivity (Wildman–Crippen MR) is 79.0 cm³/mol. The lowest BCUT2D eigenvalue weighted by molar-refractivity contribution is 1.41. The summed E-state index contributed by atoms with van der Waals surface area (Å²) >= 11 is 0. The number of nitrogens with one attached hydrogen (secondary N) is 1. The Balaban J connectivity index is 2.13. The van der Waals surface area contributed by atoms with Crippen molar-refractivity contribution >= 4 is 21.9 Å². The van der Waals surface area contributed by atoms with Crippen molar-refractivity contribution in [2.45, 2.75) is 0 Å². The molecule has 0 fully saturated rings. The van der Waals surface area contributed by atoms with Crippen LogP contribution in [-0.4, -0.2) is 9.97 Å². The number of hydrogen-bond acceptors (Lipinski definition) is 1. The highest BCUT2D eigenvalue weighted by Gasteiger charge is 2.09. The molecule has 0 saturated carbocycles. The maximum Gasteiger partial charge on any atom is 0.0963 e. The molecule has 2 aromatic heterocycles. The third kappa shape index (κ3) is 1.54. The summed E-state index contributed by atoms with van der Waals surface area (Å²) in [6.07, 6.45) is 1.88. The zero-order valence-corrected chi connectivity index (χ0v) is 10.3. The molecule has 4 aromatic rings. The Morgan fingerprint density at radius 1 is 0.789 bits per heavy atom. The lowest BCUT2D eigenvalue weighted by Gasteiger charge is -2.02. The number of aromatic amines is 1. The fourth-order valence-corrected chi connectivity index (χ4v) is 2.58. The van der Waals surface area contributed by atoms with Gasteiger partial charge in [0.15, 0.2) is 0 Å². The third-order valence-electron chi connectivity index (χ3n) is 3.48. The van der Waals surface area contributed by atoms with Crippen LogP contribution < -0.4 is 0 Å². The number of aromatic nitrogens is 2. The maximum atomic E-state index is 4.52. The molecule has 4 rings (SSSR count). The number of nitrogens with zero attached hydrogens (tertiary/aromatic N) is 1. The van der Waals surface area contributed by atoms with Gasteiger partial charge in [0.25, 0.3) is 0 Å². The molecule has 0 saturated heterocycles. The van der Waals surface area contributed by atoms with Crippen molar-refractivity contribution in [1.29, 1.82) is 0 Å². The molecule has 90 valence electrons. The zero-order valence-electron chi connectivity index (χ0n) is 10.3. The number of fused-ring (bicyclic) bond motifs is 3. The number of H-pyrrole nitrogens is 1. The molecule has 2 nitrogen and oxygen atoms in total. The lowest BCUT2D eigenvalue weighted by atomic mass is 10.1. The molecule has 0 spiro atoms. The monoisotopic (exact) mass is 244 g/mol. The summed E-state index contributed by atoms with van der Waals surface area (Å²) in [7, 11) is 0. The van der Waals surface area contributed by atoms with Crippen LogP contribution in [0.25, 0.3) is 33.1 Å². The van der Waals surface area contributed by atoms with E-state index in [0.29, 0.717) is 0 Å². The van der Waals surface area contributed by atoms with E-state index in [2.05, 4.69) is 52.4 Å². The van der Waals surface area contributed by atoms with Gasteiger partial charge in [0.2, 0.25) is 0 Å². The molecule has 0 amide bonds. The van der Waals surface area contributed by atoms with Crippen LogP contribution in [0.15, 0.2) is 66.9 Å². The topological polar surface area (TPSA) is 28.7 Å². The van der Waals surface area contributed by atoms with E-state index in [1.54, 1.807) is 0 Å². The molecule has 0 atom stereocenters. The van der Waals surface area contributed by atoms with Gasteiger partial charge in [-0.05, 0) is 17.7 Å². The second kappa shape index (κ2) is 3.95. The van der Waals surface area contributed by atoms with Gasteiger partial charge in [0.1, 0.15) is 0 Å². The predicted octanol–water partition coefficient (Wildman–Crippen LogP) is 4.38. The van der Waals surface area contributed by atoms with E-state index in [1.807, 2.05) is 24.4 Å². The first-order valence-electron chi connectivity index (χ1n) is 6.34. The smallest absolute Gasteiger partial charge is 0.0963 e. The molecule has 19 heavy (non-hydrogen) atoms. The largest absolute Gasteiger partial charge is 0.353 e. The molecule has 2 aromatic carbocycles. The Kier molecular flexibility index (Phi) is 2.15. The van der Waals surface area contributed by atoms with Crippen LogP contribution in [0.4, 0.5) is 0 Å². The molecule has 2 heteroatoms. The Bertz CT molecular complexity index is 860. The van der Waals surface area contributed by atoms with Crippen LogP contribution in [0, 0.1) is 0 Å². The molecule has 0 unspecified atom stereocenters. The van der Waals surface area contributed by atoms with Gasteiger partial charge < -0.3 is 4.98 Å². The van der Waals surface area contributed by atoms with Gasteiger partial charge in [-0.3, -0.25) is 4.98 Å². The van der Waals surface area contributed by atoms with Crippen molar-refractivity contribution in [3.05, 3.63) is 66.9 Å². The fraction of sp³-hybridized carbons (Fsp3) is 0. The standard InChI is InChI=1S/C17H12N2/c1-2-6-12(7-3-1)13-10-11-18-16-14-8-4-5-9-15(14)19-17(13)16/h1-11,19H. The Morgan fingerprint density at radius 2 is 1.58 bits per heavy atom. The van der Waals surface area contributed by atoms with Crippen LogP contribution in [0.1, 0.15) is 0 Å². The summed E-state index contributed by atoms with van der Waals surface area (Å²) in [6, 6.07) is 20.8. The van der Waals surface area contributed by atoms with Crippen molar-refractivity contribution in [1.82, 2.24) is 9.97 Å². The minimum absolute atomic E-state index is 1.04. The molecule has 0 aliphatic rings. The number of rotatable bonds is 1. The van der Waals surface area contributed by atoms with E-state index in [4.69, 9.17) is 0 Å². The van der Waals surface area contributed by atoms with Gasteiger partial charge in [-0.1, -0.05) is 48.5 Å². The Labute approximate surface area is 110 Å². The van der Waals surface area contributed by atoms with E-state index in [-0.39, 0.29) is 0 Å². The lowest BCUT2D eigenvalue weighted by Crippen LogP contribution is -1.82. The highest BCUT2D eigenvalue weighted by molar-refractivity contribution is 6.09. The Hall–Kier alpha value is -2.61. The molecule has 0 bridgehead atoms. The van der Waals surface area contributed by atoms with E-state index in [1.165, 1.54) is 16.5 Å². The first-order chi connectivity index (χ1) is 9.43. The van der Waals surface area contributed by atoms with E-state index in [9.17, 15) is 0 Å². The van der Waals surface area contributed by atoms with E-state index in [0.717, 1.165) is 16.6 Å². The normalized spacial score (nSPS) is 11.2. The highest BCUT2D eigenvalue weighted by Crippen LogP contribution is 2.31.